The molecule has 0 rings (SSSR count). The SMILES string of the molecule is CCC=CCC=CCC=CCC=CCC=CCCCC(=O)[O-].[Na+]. The number of carboxylic acids is 1. The van der Waals surface area contributed by atoms with Crippen LogP contribution in [-0.2, 0) is 4.79 Å². The minimum atomic E-state index is -0.965. The summed E-state index contributed by atoms with van der Waals surface area (Å²) >= 11 is 0. The Bertz CT molecular complexity index is 404. The number of hydrogen-bond donors (Lipinski definition) is 0. The van der Waals surface area contributed by atoms with Gasteiger partial charge in [-0.05, 0) is 51.4 Å². The zero-order chi connectivity index (χ0) is 16.3. The Kier molecular flexibility index (Phi) is 22.5. The van der Waals surface area contributed by atoms with E-state index in [-0.39, 0.29) is 36.0 Å². The molecular formula is C20H29NaO2. The summed E-state index contributed by atoms with van der Waals surface area (Å²) in [5.41, 5.74) is 0. The Morgan fingerprint density at radius 1 is 0.739 bits per heavy atom. The zero-order valence-corrected chi connectivity index (χ0v) is 16.7. The van der Waals surface area contributed by atoms with Crippen LogP contribution in [-0.4, -0.2) is 5.97 Å². The molecule has 0 radical (unpaired) electrons. The standard InChI is InChI=1S/C20H30O2.Na/c1-2-3-4-5-6-7-8-9-10-11-12-13-14-15-16-17-18-19-20(21)22;/h3-4,6-7,9-10,12-13,15-16H,2,5,8,11,14,17-19H2,1H3,(H,21,22);/q;+1/p-1. The van der Waals surface area contributed by atoms with Gasteiger partial charge in [-0.15, -0.1) is 0 Å². The third-order valence-corrected chi connectivity index (χ3v) is 2.91. The Morgan fingerprint density at radius 2 is 1.13 bits per heavy atom. The van der Waals surface area contributed by atoms with Gasteiger partial charge in [-0.2, -0.15) is 0 Å². The number of carbonyl (C=O) groups excluding carboxylic acids is 1. The van der Waals surface area contributed by atoms with Crippen molar-refractivity contribution in [1.82, 2.24) is 0 Å². The first-order chi connectivity index (χ1) is 10.8. The van der Waals surface area contributed by atoms with Crippen LogP contribution in [0.2, 0.25) is 0 Å². The Morgan fingerprint density at radius 3 is 1.52 bits per heavy atom. The average molecular weight is 324 g/mol. The minimum absolute atomic E-state index is 0. The fourth-order valence-corrected chi connectivity index (χ4v) is 1.73. The fourth-order valence-electron chi connectivity index (χ4n) is 1.73. The van der Waals surface area contributed by atoms with Crippen LogP contribution >= 0.6 is 0 Å². The number of rotatable bonds is 13. The predicted octanol–water partition coefficient (Wildman–Crippen LogP) is 1.66. The van der Waals surface area contributed by atoms with Gasteiger partial charge in [0.15, 0.2) is 0 Å². The summed E-state index contributed by atoms with van der Waals surface area (Å²) in [6.45, 7) is 2.14. The molecule has 0 spiro atoms. The molecule has 0 N–H and O–H groups in total. The first-order valence-electron chi connectivity index (χ1n) is 8.22. The topological polar surface area (TPSA) is 40.1 Å². The van der Waals surface area contributed by atoms with Crippen LogP contribution in [0.5, 0.6) is 0 Å². The molecule has 0 unspecified atom stereocenters. The molecule has 122 valence electrons. The van der Waals surface area contributed by atoms with Gasteiger partial charge in [0, 0.05) is 5.97 Å². The fraction of sp³-hybridized carbons (Fsp3) is 0.450. The van der Waals surface area contributed by atoms with Gasteiger partial charge in [-0.1, -0.05) is 67.7 Å². The van der Waals surface area contributed by atoms with E-state index in [0.29, 0.717) is 6.42 Å². The van der Waals surface area contributed by atoms with Crippen LogP contribution in [0.1, 0.15) is 58.3 Å². The van der Waals surface area contributed by atoms with Crippen LogP contribution < -0.4 is 34.7 Å². The van der Waals surface area contributed by atoms with Gasteiger partial charge >= 0.3 is 29.6 Å². The van der Waals surface area contributed by atoms with Crippen molar-refractivity contribution in [2.45, 2.75) is 58.3 Å². The number of carbonyl (C=O) groups is 1. The van der Waals surface area contributed by atoms with Gasteiger partial charge in [0.2, 0.25) is 0 Å². The second kappa shape index (κ2) is 21.2. The maximum absolute atomic E-state index is 10.2. The molecule has 0 atom stereocenters. The summed E-state index contributed by atoms with van der Waals surface area (Å²) < 4.78 is 0. The molecule has 0 aromatic rings. The Labute approximate surface area is 164 Å². The predicted molar refractivity (Wildman–Crippen MR) is 93.3 cm³/mol. The minimum Gasteiger partial charge on any atom is -0.550 e. The summed E-state index contributed by atoms with van der Waals surface area (Å²) in [5.74, 6) is -0.965. The van der Waals surface area contributed by atoms with E-state index in [1.165, 1.54) is 0 Å². The largest absolute Gasteiger partial charge is 1.00 e. The van der Waals surface area contributed by atoms with Gasteiger partial charge in [0.1, 0.15) is 0 Å². The van der Waals surface area contributed by atoms with Crippen LogP contribution in [0.4, 0.5) is 0 Å². The number of hydrogen-bond acceptors (Lipinski definition) is 2. The second-order valence-electron chi connectivity index (χ2n) is 4.97. The third-order valence-electron chi connectivity index (χ3n) is 2.91. The summed E-state index contributed by atoms with van der Waals surface area (Å²) in [6, 6.07) is 0. The maximum Gasteiger partial charge on any atom is 1.00 e. The molecule has 0 aliphatic carbocycles. The van der Waals surface area contributed by atoms with Crippen molar-refractivity contribution < 1.29 is 39.5 Å². The second-order valence-corrected chi connectivity index (χ2v) is 4.97. The number of allylic oxidation sites excluding steroid dienone is 10. The van der Waals surface area contributed by atoms with Gasteiger partial charge < -0.3 is 9.90 Å². The first kappa shape index (κ1) is 24.4. The molecular weight excluding hydrogens is 295 g/mol. The molecule has 0 bridgehead atoms. The van der Waals surface area contributed by atoms with Crippen molar-refractivity contribution in [2.75, 3.05) is 0 Å². The summed E-state index contributed by atoms with van der Waals surface area (Å²) in [6.07, 6.45) is 28.1. The summed E-state index contributed by atoms with van der Waals surface area (Å²) in [5, 5.41) is 10.2. The van der Waals surface area contributed by atoms with Crippen LogP contribution in [0, 0.1) is 0 Å². The van der Waals surface area contributed by atoms with Crippen molar-refractivity contribution in [2.24, 2.45) is 0 Å². The molecule has 0 aromatic carbocycles. The van der Waals surface area contributed by atoms with E-state index in [0.717, 1.165) is 38.5 Å². The molecule has 0 saturated heterocycles. The van der Waals surface area contributed by atoms with Gasteiger partial charge in [-0.3, -0.25) is 0 Å². The Hall–Kier alpha value is -0.830. The average Bonchev–Trinajstić information content (AvgIpc) is 2.50. The van der Waals surface area contributed by atoms with Crippen LogP contribution in [0.25, 0.3) is 0 Å². The maximum atomic E-state index is 10.2. The molecule has 2 nitrogen and oxygen atoms in total. The third kappa shape index (κ3) is 23.6. The molecule has 0 aliphatic heterocycles. The number of aliphatic carboxylic acids is 1. The van der Waals surface area contributed by atoms with E-state index in [2.05, 4.69) is 61.6 Å². The zero-order valence-electron chi connectivity index (χ0n) is 14.7. The van der Waals surface area contributed by atoms with Crippen LogP contribution in [0.15, 0.2) is 60.8 Å². The van der Waals surface area contributed by atoms with Crippen molar-refractivity contribution in [1.29, 1.82) is 0 Å². The molecule has 0 amide bonds. The van der Waals surface area contributed by atoms with E-state index >= 15 is 0 Å². The normalized spacial score (nSPS) is 12.2. The van der Waals surface area contributed by atoms with Gasteiger partial charge in [0.05, 0.1) is 0 Å². The number of unbranched alkanes of at least 4 members (excludes halogenated alkanes) is 1. The molecule has 0 heterocycles. The molecule has 3 heteroatoms. The molecule has 0 aromatic heterocycles. The quantitative estimate of drug-likeness (QED) is 0.294. The first-order valence-corrected chi connectivity index (χ1v) is 8.22. The monoisotopic (exact) mass is 324 g/mol. The molecule has 23 heavy (non-hydrogen) atoms. The van der Waals surface area contributed by atoms with Gasteiger partial charge in [0.25, 0.3) is 0 Å². The molecule has 0 fully saturated rings. The molecule has 0 aliphatic rings. The van der Waals surface area contributed by atoms with Crippen molar-refractivity contribution in [3.8, 4) is 0 Å². The van der Waals surface area contributed by atoms with Crippen molar-refractivity contribution in [3.63, 3.8) is 0 Å². The smallest absolute Gasteiger partial charge is 0.550 e. The molecule has 0 saturated carbocycles. The van der Waals surface area contributed by atoms with E-state index in [4.69, 9.17) is 0 Å². The van der Waals surface area contributed by atoms with E-state index < -0.39 is 5.97 Å². The Balaban J connectivity index is 0. The number of carboxylic acid groups (broad SMARTS) is 1. The van der Waals surface area contributed by atoms with Crippen molar-refractivity contribution >= 4 is 5.97 Å². The van der Waals surface area contributed by atoms with Gasteiger partial charge in [-0.25, -0.2) is 0 Å². The van der Waals surface area contributed by atoms with E-state index in [1.54, 1.807) is 0 Å². The van der Waals surface area contributed by atoms with Crippen molar-refractivity contribution in [3.05, 3.63) is 60.8 Å². The summed E-state index contributed by atoms with van der Waals surface area (Å²) in [4.78, 5) is 10.2. The van der Waals surface area contributed by atoms with E-state index in [1.807, 2.05) is 6.08 Å². The summed E-state index contributed by atoms with van der Waals surface area (Å²) in [7, 11) is 0. The van der Waals surface area contributed by atoms with E-state index in [9.17, 15) is 9.90 Å². The van der Waals surface area contributed by atoms with Crippen LogP contribution in [0.3, 0.4) is 0 Å².